The molecule has 1 unspecified atom stereocenters. The smallest absolute Gasteiger partial charge is 0.228 e. The van der Waals surface area contributed by atoms with Crippen LogP contribution in [0.2, 0.25) is 0 Å². The fourth-order valence-electron chi connectivity index (χ4n) is 5.14. The summed E-state index contributed by atoms with van der Waals surface area (Å²) in [5.41, 5.74) is 8.04. The van der Waals surface area contributed by atoms with E-state index in [1.54, 1.807) is 0 Å². The number of carbonyl (C=O) groups is 1. The molecule has 2 bridgehead atoms. The Morgan fingerprint density at radius 2 is 1.50 bits per heavy atom. The molecule has 146 valence electrons. The van der Waals surface area contributed by atoms with Crippen molar-refractivity contribution in [2.24, 2.45) is 5.92 Å². The summed E-state index contributed by atoms with van der Waals surface area (Å²) < 4.78 is 3.91. The highest BCUT2D eigenvalue weighted by molar-refractivity contribution is 7.03. The minimum Gasteiger partial charge on any atom is -0.326 e. The monoisotopic (exact) mass is 409 g/mol. The summed E-state index contributed by atoms with van der Waals surface area (Å²) in [4.78, 5) is 13.4. The van der Waals surface area contributed by atoms with Crippen LogP contribution >= 0.6 is 11.5 Å². The highest BCUT2D eigenvalue weighted by Crippen LogP contribution is 2.55. The first-order valence-electron chi connectivity index (χ1n) is 10.2. The summed E-state index contributed by atoms with van der Waals surface area (Å²) in [5.74, 6) is 0.430. The zero-order valence-electron chi connectivity index (χ0n) is 16.2. The quantitative estimate of drug-likeness (QED) is 0.490. The van der Waals surface area contributed by atoms with E-state index in [1.807, 2.05) is 29.6 Å². The maximum absolute atomic E-state index is 13.4. The molecule has 0 fully saturated rings. The van der Waals surface area contributed by atoms with Crippen molar-refractivity contribution in [3.63, 3.8) is 0 Å². The van der Waals surface area contributed by atoms with Crippen molar-refractivity contribution in [2.75, 3.05) is 5.32 Å². The first kappa shape index (κ1) is 17.5. The van der Waals surface area contributed by atoms with Crippen LogP contribution in [0.5, 0.6) is 0 Å². The van der Waals surface area contributed by atoms with Gasteiger partial charge in [-0.2, -0.15) is 0 Å². The number of fused-ring (bicyclic) bond motifs is 1. The summed E-state index contributed by atoms with van der Waals surface area (Å²) in [7, 11) is 0. The number of hydrogen-bond donors (Lipinski definition) is 1. The number of rotatable bonds is 3. The van der Waals surface area contributed by atoms with Crippen molar-refractivity contribution in [1.29, 1.82) is 0 Å². The number of nitrogens with one attached hydrogen (secondary N) is 1. The molecule has 0 saturated heterocycles. The largest absolute Gasteiger partial charge is 0.326 e. The van der Waals surface area contributed by atoms with Crippen LogP contribution < -0.4 is 5.32 Å². The lowest BCUT2D eigenvalue weighted by atomic mass is 9.59. The first-order chi connectivity index (χ1) is 14.8. The predicted octanol–water partition coefficient (Wildman–Crippen LogP) is 5.44. The van der Waals surface area contributed by atoms with Crippen LogP contribution in [0.25, 0.3) is 11.3 Å². The molecule has 1 heterocycles. The van der Waals surface area contributed by atoms with Crippen LogP contribution in [0.4, 0.5) is 5.69 Å². The van der Waals surface area contributed by atoms with E-state index in [1.165, 1.54) is 33.8 Å². The number of nitrogens with zero attached hydrogens (tertiary/aromatic N) is 2. The van der Waals surface area contributed by atoms with Crippen LogP contribution in [-0.4, -0.2) is 15.5 Å². The van der Waals surface area contributed by atoms with Gasteiger partial charge in [0.1, 0.15) is 5.69 Å². The van der Waals surface area contributed by atoms with E-state index in [0.717, 1.165) is 23.4 Å². The molecule has 1 amide bonds. The fraction of sp³-hybridized carbons (Fsp3) is 0.160. The Hall–Kier alpha value is -3.31. The van der Waals surface area contributed by atoms with E-state index in [-0.39, 0.29) is 23.7 Å². The molecule has 1 atom stereocenters. The van der Waals surface area contributed by atoms with Crippen LogP contribution in [0.1, 0.15) is 40.5 Å². The van der Waals surface area contributed by atoms with Gasteiger partial charge >= 0.3 is 0 Å². The van der Waals surface area contributed by atoms with Gasteiger partial charge in [-0.1, -0.05) is 65.2 Å². The third-order valence-corrected chi connectivity index (χ3v) is 6.95. The van der Waals surface area contributed by atoms with E-state index < -0.39 is 0 Å². The van der Waals surface area contributed by atoms with Crippen LogP contribution in [-0.2, 0) is 4.79 Å². The Kier molecular flexibility index (Phi) is 4.03. The van der Waals surface area contributed by atoms with E-state index in [4.69, 9.17) is 0 Å². The lowest BCUT2D eigenvalue weighted by molar-refractivity contribution is -0.121. The van der Waals surface area contributed by atoms with Crippen LogP contribution in [0.15, 0.2) is 78.2 Å². The maximum Gasteiger partial charge on any atom is 0.228 e. The molecule has 0 spiro atoms. The topological polar surface area (TPSA) is 54.9 Å². The van der Waals surface area contributed by atoms with E-state index >= 15 is 0 Å². The Morgan fingerprint density at radius 1 is 0.867 bits per heavy atom. The molecule has 5 heteroatoms. The van der Waals surface area contributed by atoms with Gasteiger partial charge in [0.15, 0.2) is 0 Å². The van der Waals surface area contributed by atoms with Crippen molar-refractivity contribution in [3.8, 4) is 11.3 Å². The van der Waals surface area contributed by atoms with E-state index in [0.29, 0.717) is 0 Å². The van der Waals surface area contributed by atoms with Gasteiger partial charge in [0.05, 0.1) is 5.92 Å². The van der Waals surface area contributed by atoms with Gasteiger partial charge in [0, 0.05) is 28.5 Å². The van der Waals surface area contributed by atoms with Gasteiger partial charge in [0.25, 0.3) is 0 Å². The molecule has 3 aliphatic carbocycles. The number of anilines is 1. The molecular formula is C25H19N3OS. The Morgan fingerprint density at radius 3 is 2.10 bits per heavy atom. The lowest BCUT2D eigenvalue weighted by Gasteiger charge is -2.44. The third-order valence-electron chi connectivity index (χ3n) is 6.45. The molecule has 1 N–H and O–H groups in total. The maximum atomic E-state index is 13.4. The number of carbonyl (C=O) groups excluding carboxylic acids is 1. The second-order valence-electron chi connectivity index (χ2n) is 7.99. The van der Waals surface area contributed by atoms with E-state index in [2.05, 4.69) is 63.4 Å². The highest BCUT2D eigenvalue weighted by Gasteiger charge is 2.45. The van der Waals surface area contributed by atoms with Crippen molar-refractivity contribution in [1.82, 2.24) is 9.59 Å². The average Bonchev–Trinajstić information content (AvgIpc) is 3.34. The van der Waals surface area contributed by atoms with Crippen molar-refractivity contribution in [3.05, 3.63) is 100 Å². The van der Waals surface area contributed by atoms with Gasteiger partial charge in [-0.05, 0) is 52.3 Å². The molecular weight excluding hydrogens is 390 g/mol. The first-order valence-corrected chi connectivity index (χ1v) is 11.0. The minimum atomic E-state index is -0.0674. The number of hydrogen-bond acceptors (Lipinski definition) is 4. The molecule has 0 aliphatic heterocycles. The molecule has 3 aromatic carbocycles. The SMILES string of the molecule is O=C(Nc1ccc(-c2csnn2)cc1)C1CC2c3ccccc3C1c1ccccc12. The second-order valence-corrected chi connectivity index (χ2v) is 8.60. The third kappa shape index (κ3) is 2.70. The Balaban J connectivity index is 1.31. The van der Waals surface area contributed by atoms with Gasteiger partial charge < -0.3 is 5.32 Å². The molecule has 1 aromatic heterocycles. The predicted molar refractivity (Wildman–Crippen MR) is 119 cm³/mol. The zero-order valence-corrected chi connectivity index (χ0v) is 17.0. The van der Waals surface area contributed by atoms with Gasteiger partial charge in [-0.3, -0.25) is 4.79 Å². The molecule has 0 radical (unpaired) electrons. The molecule has 30 heavy (non-hydrogen) atoms. The molecule has 0 saturated carbocycles. The Bertz CT molecular complexity index is 1190. The van der Waals surface area contributed by atoms with Gasteiger partial charge in [-0.15, -0.1) is 5.10 Å². The molecule has 7 rings (SSSR count). The molecule has 4 aromatic rings. The second kappa shape index (κ2) is 6.89. The normalized spacial score (nSPS) is 21.0. The van der Waals surface area contributed by atoms with Crippen molar-refractivity contribution < 1.29 is 4.79 Å². The summed E-state index contributed by atoms with van der Waals surface area (Å²) in [6, 6.07) is 25.1. The number of amides is 1. The summed E-state index contributed by atoms with van der Waals surface area (Å²) in [6.07, 6.45) is 0.854. The molecule has 3 aliphatic rings. The minimum absolute atomic E-state index is 0.0674. The van der Waals surface area contributed by atoms with Crippen molar-refractivity contribution >= 4 is 23.1 Å². The standard InChI is InChI=1S/C25H19N3OS/c29-25(26-16-11-9-15(10-12-16)23-14-30-28-27-23)22-13-21-17-5-1-3-7-19(17)24(22)20-8-4-2-6-18(20)21/h1-12,14,21-22,24H,13H2,(H,26,29). The van der Waals surface area contributed by atoms with Gasteiger partial charge in [-0.25, -0.2) is 0 Å². The average molecular weight is 410 g/mol. The highest BCUT2D eigenvalue weighted by atomic mass is 32.1. The molecule has 4 nitrogen and oxygen atoms in total. The Labute approximate surface area is 178 Å². The fourth-order valence-corrected chi connectivity index (χ4v) is 5.61. The van der Waals surface area contributed by atoms with Gasteiger partial charge in [0.2, 0.25) is 5.91 Å². The van der Waals surface area contributed by atoms with Crippen molar-refractivity contribution in [2.45, 2.75) is 18.3 Å². The summed E-state index contributed by atoms with van der Waals surface area (Å²) >= 11 is 1.33. The van der Waals surface area contributed by atoms with Crippen LogP contribution in [0, 0.1) is 5.92 Å². The number of benzene rings is 3. The zero-order chi connectivity index (χ0) is 20.1. The van der Waals surface area contributed by atoms with Crippen LogP contribution in [0.3, 0.4) is 0 Å². The summed E-state index contributed by atoms with van der Waals surface area (Å²) in [6.45, 7) is 0. The summed E-state index contributed by atoms with van der Waals surface area (Å²) in [5, 5.41) is 9.18. The van der Waals surface area contributed by atoms with E-state index in [9.17, 15) is 4.79 Å². The number of aromatic nitrogens is 2. The lowest BCUT2D eigenvalue weighted by Crippen LogP contribution is -2.38.